The maximum Gasteiger partial charge on any atom is 0.336 e. The van der Waals surface area contributed by atoms with Gasteiger partial charge in [-0.15, -0.1) is 0 Å². The van der Waals surface area contributed by atoms with Crippen LogP contribution in [0.2, 0.25) is 5.02 Å². The zero-order valence-corrected chi connectivity index (χ0v) is 19.6. The molecule has 2 aromatic rings. The van der Waals surface area contributed by atoms with Crippen LogP contribution in [0.4, 0.5) is 0 Å². The van der Waals surface area contributed by atoms with Gasteiger partial charge in [-0.2, -0.15) is 0 Å². The van der Waals surface area contributed by atoms with Crippen LogP contribution in [0.5, 0.6) is 5.75 Å². The van der Waals surface area contributed by atoms with Crippen LogP contribution in [0.15, 0.2) is 59.8 Å². The van der Waals surface area contributed by atoms with Crippen LogP contribution in [0.25, 0.3) is 0 Å². The molecule has 2 aromatic carbocycles. The molecule has 0 radical (unpaired) electrons. The van der Waals surface area contributed by atoms with Gasteiger partial charge in [0.15, 0.2) is 0 Å². The summed E-state index contributed by atoms with van der Waals surface area (Å²) in [5.74, 6) is -0.211. The summed E-state index contributed by atoms with van der Waals surface area (Å²) in [6.07, 6.45) is 2.06. The van der Waals surface area contributed by atoms with Gasteiger partial charge in [-0.3, -0.25) is 4.79 Å². The van der Waals surface area contributed by atoms with E-state index in [-0.39, 0.29) is 25.0 Å². The van der Waals surface area contributed by atoms with Crippen molar-refractivity contribution in [2.24, 2.45) is 0 Å². The number of halogens is 1. The fourth-order valence-electron chi connectivity index (χ4n) is 4.52. The van der Waals surface area contributed by atoms with Crippen LogP contribution in [-0.4, -0.2) is 43.1 Å². The maximum absolute atomic E-state index is 13.4. The van der Waals surface area contributed by atoms with E-state index in [1.54, 1.807) is 24.1 Å². The molecular formula is C26H28ClNO5. The molecule has 1 fully saturated rings. The van der Waals surface area contributed by atoms with Crippen LogP contribution in [0, 0.1) is 0 Å². The van der Waals surface area contributed by atoms with Crippen molar-refractivity contribution in [1.82, 2.24) is 4.90 Å². The Hall–Kier alpha value is -2.83. The van der Waals surface area contributed by atoms with Crippen molar-refractivity contribution >= 4 is 23.5 Å². The van der Waals surface area contributed by atoms with E-state index in [2.05, 4.69) is 0 Å². The number of rotatable bonds is 7. The quantitative estimate of drug-likeness (QED) is 0.542. The van der Waals surface area contributed by atoms with Gasteiger partial charge in [0, 0.05) is 35.2 Å². The number of amides is 1. The van der Waals surface area contributed by atoms with Crippen molar-refractivity contribution in [3.05, 3.63) is 76.0 Å². The monoisotopic (exact) mass is 469 g/mol. The first-order valence-electron chi connectivity index (χ1n) is 11.1. The third kappa shape index (κ3) is 5.23. The van der Waals surface area contributed by atoms with Crippen LogP contribution in [0.1, 0.15) is 43.2 Å². The Labute approximate surface area is 199 Å². The van der Waals surface area contributed by atoms with Crippen molar-refractivity contribution in [2.45, 2.75) is 44.8 Å². The number of allylic oxidation sites excluding steroid dienone is 1. The predicted octanol–water partition coefficient (Wildman–Crippen LogP) is 4.86. The predicted molar refractivity (Wildman–Crippen MR) is 125 cm³/mol. The SMILES string of the molecule is COc1ccccc1COC(=O)C1=C(C)N(C[C@H]2CCCO2)C(=O)C[C@H]1c1ccc(Cl)cc1. The van der Waals surface area contributed by atoms with Gasteiger partial charge < -0.3 is 19.1 Å². The fourth-order valence-corrected chi connectivity index (χ4v) is 4.64. The molecule has 1 saturated heterocycles. The van der Waals surface area contributed by atoms with E-state index in [4.69, 9.17) is 25.8 Å². The lowest BCUT2D eigenvalue weighted by atomic mass is 9.83. The summed E-state index contributed by atoms with van der Waals surface area (Å²) in [4.78, 5) is 28.2. The van der Waals surface area contributed by atoms with Gasteiger partial charge in [-0.25, -0.2) is 4.79 Å². The molecule has 33 heavy (non-hydrogen) atoms. The molecule has 0 unspecified atom stereocenters. The molecular weight excluding hydrogens is 442 g/mol. The highest BCUT2D eigenvalue weighted by molar-refractivity contribution is 6.30. The van der Waals surface area contributed by atoms with Gasteiger partial charge >= 0.3 is 5.97 Å². The second-order valence-electron chi connectivity index (χ2n) is 8.33. The molecule has 0 bridgehead atoms. The molecule has 0 spiro atoms. The minimum Gasteiger partial charge on any atom is -0.496 e. The van der Waals surface area contributed by atoms with E-state index >= 15 is 0 Å². The van der Waals surface area contributed by atoms with Gasteiger partial charge in [0.05, 0.1) is 25.3 Å². The van der Waals surface area contributed by atoms with Gasteiger partial charge in [0.1, 0.15) is 12.4 Å². The van der Waals surface area contributed by atoms with Gasteiger partial charge in [0.25, 0.3) is 0 Å². The third-order valence-corrected chi connectivity index (χ3v) is 6.53. The number of esters is 1. The van der Waals surface area contributed by atoms with Crippen LogP contribution < -0.4 is 4.74 Å². The number of hydrogen-bond donors (Lipinski definition) is 0. The summed E-state index contributed by atoms with van der Waals surface area (Å²) < 4.78 is 16.8. The minimum absolute atomic E-state index is 0.0122. The summed E-state index contributed by atoms with van der Waals surface area (Å²) in [6, 6.07) is 14.7. The Morgan fingerprint density at radius 2 is 1.94 bits per heavy atom. The summed E-state index contributed by atoms with van der Waals surface area (Å²) >= 11 is 6.07. The van der Waals surface area contributed by atoms with E-state index < -0.39 is 11.9 Å². The molecule has 174 valence electrons. The maximum atomic E-state index is 13.4. The Kier molecular flexibility index (Phi) is 7.36. The van der Waals surface area contributed by atoms with Crippen molar-refractivity contribution in [1.29, 1.82) is 0 Å². The Balaban J connectivity index is 1.64. The van der Waals surface area contributed by atoms with E-state index in [1.165, 1.54) is 0 Å². The van der Waals surface area contributed by atoms with Gasteiger partial charge in [-0.1, -0.05) is 41.9 Å². The fraction of sp³-hybridized carbons (Fsp3) is 0.385. The highest BCUT2D eigenvalue weighted by atomic mass is 35.5. The molecule has 0 N–H and O–H groups in total. The molecule has 6 nitrogen and oxygen atoms in total. The molecule has 0 aliphatic carbocycles. The molecule has 0 saturated carbocycles. The van der Waals surface area contributed by atoms with E-state index in [9.17, 15) is 9.59 Å². The van der Waals surface area contributed by atoms with E-state index in [0.29, 0.717) is 35.2 Å². The van der Waals surface area contributed by atoms with Crippen molar-refractivity contribution in [3.63, 3.8) is 0 Å². The highest BCUT2D eigenvalue weighted by Crippen LogP contribution is 2.38. The number of carbonyl (C=O) groups excluding carboxylic acids is 2. The van der Waals surface area contributed by atoms with Crippen LogP contribution in [0.3, 0.4) is 0 Å². The zero-order valence-electron chi connectivity index (χ0n) is 18.9. The van der Waals surface area contributed by atoms with Crippen molar-refractivity contribution in [2.75, 3.05) is 20.3 Å². The summed E-state index contributed by atoms with van der Waals surface area (Å²) in [6.45, 7) is 3.04. The molecule has 1 amide bonds. The number of para-hydroxylation sites is 1. The average molecular weight is 470 g/mol. The first kappa shape index (κ1) is 23.3. The number of ether oxygens (including phenoxy) is 3. The number of nitrogens with zero attached hydrogens (tertiary/aromatic N) is 1. The van der Waals surface area contributed by atoms with E-state index in [1.807, 2.05) is 43.3 Å². The molecule has 7 heteroatoms. The Bertz CT molecular complexity index is 1040. The minimum atomic E-state index is -0.441. The molecule has 2 aliphatic rings. The number of carbonyl (C=O) groups is 2. The first-order chi connectivity index (χ1) is 16.0. The largest absolute Gasteiger partial charge is 0.496 e. The number of hydrogen-bond acceptors (Lipinski definition) is 5. The second kappa shape index (κ2) is 10.4. The normalized spacial score (nSPS) is 20.8. The van der Waals surface area contributed by atoms with Crippen LogP contribution in [-0.2, 0) is 25.7 Å². The summed E-state index contributed by atoms with van der Waals surface area (Å²) in [5, 5.41) is 0.599. The standard InChI is InChI=1S/C26H28ClNO5/c1-17-25(26(30)33-16-19-6-3-4-8-23(19)31-2)22(18-9-11-20(27)12-10-18)14-24(29)28(17)15-21-7-5-13-32-21/h3-4,6,8-12,21-22H,5,7,13-16H2,1-2H3/t21-,22+/m1/s1. The molecule has 0 aromatic heterocycles. The number of benzene rings is 2. The van der Waals surface area contributed by atoms with Crippen molar-refractivity contribution < 1.29 is 23.8 Å². The summed E-state index contributed by atoms with van der Waals surface area (Å²) in [7, 11) is 1.58. The Morgan fingerprint density at radius 3 is 2.64 bits per heavy atom. The molecule has 2 atom stereocenters. The smallest absolute Gasteiger partial charge is 0.336 e. The third-order valence-electron chi connectivity index (χ3n) is 6.28. The van der Waals surface area contributed by atoms with Gasteiger partial charge in [-0.05, 0) is 43.5 Å². The zero-order chi connectivity index (χ0) is 23.4. The molecule has 2 heterocycles. The van der Waals surface area contributed by atoms with Crippen LogP contribution >= 0.6 is 11.6 Å². The molecule has 2 aliphatic heterocycles. The lowest BCUT2D eigenvalue weighted by molar-refractivity contribution is -0.141. The highest BCUT2D eigenvalue weighted by Gasteiger charge is 2.38. The van der Waals surface area contributed by atoms with Gasteiger partial charge in [0.2, 0.25) is 5.91 Å². The first-order valence-corrected chi connectivity index (χ1v) is 11.5. The Morgan fingerprint density at radius 1 is 1.18 bits per heavy atom. The summed E-state index contributed by atoms with van der Waals surface area (Å²) in [5.41, 5.74) is 2.74. The number of methoxy groups -OCH3 is 1. The lowest BCUT2D eigenvalue weighted by Crippen LogP contribution is -2.42. The second-order valence-corrected chi connectivity index (χ2v) is 8.77. The average Bonchev–Trinajstić information content (AvgIpc) is 3.34. The van der Waals surface area contributed by atoms with E-state index in [0.717, 1.165) is 24.0 Å². The topological polar surface area (TPSA) is 65.1 Å². The molecule has 4 rings (SSSR count). The lowest BCUT2D eigenvalue weighted by Gasteiger charge is -2.35. The van der Waals surface area contributed by atoms with Crippen molar-refractivity contribution in [3.8, 4) is 5.75 Å².